The van der Waals surface area contributed by atoms with Crippen molar-refractivity contribution in [3.63, 3.8) is 0 Å². The molecule has 4 nitrogen and oxygen atoms in total. The van der Waals surface area contributed by atoms with Gasteiger partial charge in [0.05, 0.1) is 13.7 Å². The smallest absolute Gasteiger partial charge is 0.373 e. The quantitative estimate of drug-likeness (QED) is 0.719. The van der Waals surface area contributed by atoms with Crippen LogP contribution >= 0.6 is 0 Å². The number of rotatable bonds is 7. The summed E-state index contributed by atoms with van der Waals surface area (Å²) in [5.41, 5.74) is 2.54. The van der Waals surface area contributed by atoms with Crippen molar-refractivity contribution in [1.82, 2.24) is 4.90 Å². The van der Waals surface area contributed by atoms with Crippen LogP contribution in [0.15, 0.2) is 40.8 Å². The van der Waals surface area contributed by atoms with Crippen LogP contribution in [0.4, 0.5) is 0 Å². The van der Waals surface area contributed by atoms with E-state index in [1.807, 2.05) is 6.07 Å². The van der Waals surface area contributed by atoms with Crippen LogP contribution in [-0.4, -0.2) is 24.0 Å². The van der Waals surface area contributed by atoms with Gasteiger partial charge in [-0.1, -0.05) is 36.8 Å². The Balaban J connectivity index is 2.10. The van der Waals surface area contributed by atoms with Gasteiger partial charge in [0.2, 0.25) is 5.76 Å². The number of ether oxygens (including phenoxy) is 1. The summed E-state index contributed by atoms with van der Waals surface area (Å²) in [6.45, 7) is 7.99. The zero-order valence-electron chi connectivity index (χ0n) is 14.3. The topological polar surface area (TPSA) is 42.7 Å². The van der Waals surface area contributed by atoms with Crippen LogP contribution < -0.4 is 0 Å². The number of hydrogen-bond acceptors (Lipinski definition) is 4. The molecule has 0 amide bonds. The molecule has 23 heavy (non-hydrogen) atoms. The second kappa shape index (κ2) is 7.97. The summed E-state index contributed by atoms with van der Waals surface area (Å²) < 4.78 is 10.3. The van der Waals surface area contributed by atoms with E-state index in [0.29, 0.717) is 12.6 Å². The number of esters is 1. The largest absolute Gasteiger partial charge is 0.463 e. The average molecular weight is 315 g/mol. The number of aryl methyl sites for hydroxylation is 1. The Morgan fingerprint density at radius 2 is 1.87 bits per heavy atom. The molecule has 1 heterocycles. The summed E-state index contributed by atoms with van der Waals surface area (Å²) in [4.78, 5) is 13.8. The number of nitrogens with zero attached hydrogens (tertiary/aromatic N) is 1. The molecule has 1 atom stereocenters. The number of hydrogen-bond donors (Lipinski definition) is 0. The highest BCUT2D eigenvalue weighted by Gasteiger charge is 2.17. The Kier molecular flexibility index (Phi) is 5.99. The minimum atomic E-state index is -0.440. The van der Waals surface area contributed by atoms with Crippen LogP contribution in [-0.2, 0) is 17.8 Å². The van der Waals surface area contributed by atoms with E-state index >= 15 is 0 Å². The van der Waals surface area contributed by atoms with Crippen molar-refractivity contribution in [3.05, 3.63) is 59.0 Å². The molecule has 0 fully saturated rings. The molecule has 4 heteroatoms. The fraction of sp³-hybridized carbons (Fsp3) is 0.421. The number of carbonyl (C=O) groups excluding carboxylic acids is 1. The Morgan fingerprint density at radius 3 is 2.48 bits per heavy atom. The molecule has 2 rings (SSSR count). The Morgan fingerprint density at radius 1 is 1.17 bits per heavy atom. The molecule has 0 N–H and O–H groups in total. The summed E-state index contributed by atoms with van der Waals surface area (Å²) in [7, 11) is 1.35. The van der Waals surface area contributed by atoms with Crippen molar-refractivity contribution in [1.29, 1.82) is 0 Å². The van der Waals surface area contributed by atoms with Gasteiger partial charge in [0, 0.05) is 12.6 Å². The Bertz CT molecular complexity index is 630. The van der Waals surface area contributed by atoms with E-state index in [0.717, 1.165) is 18.7 Å². The van der Waals surface area contributed by atoms with Crippen LogP contribution in [0, 0.1) is 6.92 Å². The molecule has 0 radical (unpaired) electrons. The fourth-order valence-corrected chi connectivity index (χ4v) is 2.43. The molecule has 0 saturated carbocycles. The zero-order valence-corrected chi connectivity index (χ0v) is 14.3. The molecular formula is C19H25NO3. The van der Waals surface area contributed by atoms with E-state index in [2.05, 4.69) is 54.7 Å². The van der Waals surface area contributed by atoms with Gasteiger partial charge in [0.25, 0.3) is 0 Å². The second-order valence-corrected chi connectivity index (χ2v) is 5.91. The maximum absolute atomic E-state index is 11.5. The number of carbonyl (C=O) groups is 1. The minimum Gasteiger partial charge on any atom is -0.463 e. The van der Waals surface area contributed by atoms with Gasteiger partial charge in [-0.2, -0.15) is 0 Å². The fourth-order valence-electron chi connectivity index (χ4n) is 2.43. The summed E-state index contributed by atoms with van der Waals surface area (Å²) in [6, 6.07) is 12.5. The average Bonchev–Trinajstić information content (AvgIpc) is 3.03. The first-order valence-electron chi connectivity index (χ1n) is 8.00. The van der Waals surface area contributed by atoms with Crippen LogP contribution in [0.5, 0.6) is 0 Å². The van der Waals surface area contributed by atoms with Gasteiger partial charge in [0.15, 0.2) is 0 Å². The monoisotopic (exact) mass is 315 g/mol. The molecule has 0 aliphatic rings. The Labute approximate surface area is 138 Å². The van der Waals surface area contributed by atoms with Gasteiger partial charge in [-0.25, -0.2) is 4.79 Å². The lowest BCUT2D eigenvalue weighted by Gasteiger charge is -2.27. The molecule has 124 valence electrons. The zero-order chi connectivity index (χ0) is 16.8. The maximum atomic E-state index is 11.5. The van der Waals surface area contributed by atoms with Crippen molar-refractivity contribution >= 4 is 5.97 Å². The molecule has 0 aliphatic carbocycles. The van der Waals surface area contributed by atoms with Gasteiger partial charge < -0.3 is 9.15 Å². The van der Waals surface area contributed by atoms with E-state index in [4.69, 9.17) is 4.42 Å². The van der Waals surface area contributed by atoms with Crippen LogP contribution in [0.1, 0.15) is 47.7 Å². The third kappa shape index (κ3) is 4.70. The van der Waals surface area contributed by atoms with Gasteiger partial charge in [-0.3, -0.25) is 4.90 Å². The van der Waals surface area contributed by atoms with E-state index in [-0.39, 0.29) is 5.76 Å². The van der Waals surface area contributed by atoms with Crippen molar-refractivity contribution in [2.45, 2.75) is 46.3 Å². The SMILES string of the molecule is CCC(C)N(Cc1ccc(C)cc1)Cc1ccc(C(=O)OC)o1. The van der Waals surface area contributed by atoms with Gasteiger partial charge in [0.1, 0.15) is 5.76 Å². The first-order valence-corrected chi connectivity index (χ1v) is 8.00. The summed E-state index contributed by atoms with van der Waals surface area (Å²) in [5.74, 6) is 0.588. The normalized spacial score (nSPS) is 12.4. The molecular weight excluding hydrogens is 290 g/mol. The number of methoxy groups -OCH3 is 1. The highest BCUT2D eigenvalue weighted by Crippen LogP contribution is 2.18. The van der Waals surface area contributed by atoms with E-state index in [9.17, 15) is 4.79 Å². The molecule has 1 aromatic heterocycles. The van der Waals surface area contributed by atoms with E-state index < -0.39 is 5.97 Å². The summed E-state index contributed by atoms with van der Waals surface area (Å²) in [5, 5.41) is 0. The van der Waals surface area contributed by atoms with Crippen LogP contribution in [0.2, 0.25) is 0 Å². The van der Waals surface area contributed by atoms with Crippen LogP contribution in [0.3, 0.4) is 0 Å². The molecule has 1 unspecified atom stereocenters. The standard InChI is InChI=1S/C19H25NO3/c1-5-15(3)20(12-16-8-6-14(2)7-9-16)13-17-10-11-18(23-17)19(21)22-4/h6-11,15H,5,12-13H2,1-4H3. The molecule has 1 aromatic carbocycles. The number of furan rings is 1. The van der Waals surface area contributed by atoms with Gasteiger partial charge in [-0.05, 0) is 38.0 Å². The molecule has 0 spiro atoms. The Hall–Kier alpha value is -2.07. The van der Waals surface area contributed by atoms with Gasteiger partial charge in [-0.15, -0.1) is 0 Å². The lowest BCUT2D eigenvalue weighted by molar-refractivity contribution is 0.0560. The van der Waals surface area contributed by atoms with Gasteiger partial charge >= 0.3 is 5.97 Å². The van der Waals surface area contributed by atoms with Crippen molar-refractivity contribution in [3.8, 4) is 0 Å². The van der Waals surface area contributed by atoms with E-state index in [1.165, 1.54) is 18.2 Å². The van der Waals surface area contributed by atoms with Crippen molar-refractivity contribution in [2.24, 2.45) is 0 Å². The highest BCUT2D eigenvalue weighted by atomic mass is 16.5. The second-order valence-electron chi connectivity index (χ2n) is 5.91. The highest BCUT2D eigenvalue weighted by molar-refractivity contribution is 5.86. The lowest BCUT2D eigenvalue weighted by Crippen LogP contribution is -2.31. The molecule has 0 aliphatic heterocycles. The van der Waals surface area contributed by atoms with Crippen LogP contribution in [0.25, 0.3) is 0 Å². The number of benzene rings is 1. The lowest BCUT2D eigenvalue weighted by atomic mass is 10.1. The predicted octanol–water partition coefficient (Wildman–Crippen LogP) is 4.18. The summed E-state index contributed by atoms with van der Waals surface area (Å²) >= 11 is 0. The van der Waals surface area contributed by atoms with Crippen molar-refractivity contribution in [2.75, 3.05) is 7.11 Å². The third-order valence-electron chi connectivity index (χ3n) is 4.13. The minimum absolute atomic E-state index is 0.252. The first kappa shape index (κ1) is 17.3. The molecule has 0 bridgehead atoms. The predicted molar refractivity (Wildman–Crippen MR) is 90.2 cm³/mol. The van der Waals surface area contributed by atoms with E-state index in [1.54, 1.807) is 6.07 Å². The first-order chi connectivity index (χ1) is 11.0. The summed E-state index contributed by atoms with van der Waals surface area (Å²) in [6.07, 6.45) is 1.05. The third-order valence-corrected chi connectivity index (χ3v) is 4.13. The van der Waals surface area contributed by atoms with Crippen molar-refractivity contribution < 1.29 is 13.9 Å². The molecule has 0 saturated heterocycles. The maximum Gasteiger partial charge on any atom is 0.373 e. The molecule has 2 aromatic rings.